The first kappa shape index (κ1) is 48.9. The van der Waals surface area contributed by atoms with Crippen LogP contribution in [-0.4, -0.2) is 0 Å². The van der Waals surface area contributed by atoms with Crippen LogP contribution in [0.25, 0.3) is 65.7 Å². The van der Waals surface area contributed by atoms with Gasteiger partial charge in [-0.25, -0.2) is 0 Å². The van der Waals surface area contributed by atoms with Crippen molar-refractivity contribution in [3.05, 3.63) is 317 Å². The van der Waals surface area contributed by atoms with Crippen LogP contribution in [0.15, 0.2) is 287 Å². The third-order valence-corrected chi connectivity index (χ3v) is 21.3. The van der Waals surface area contributed by atoms with Crippen LogP contribution in [0.4, 0.5) is 28.4 Å². The molecular weight excluding hydrogens is 1050 g/mol. The molecule has 5 aliphatic rings. The number of hydrogen-bond acceptors (Lipinski definition) is 4. The summed E-state index contributed by atoms with van der Waals surface area (Å²) in [6, 6.07) is 93.8. The molecule has 1 aliphatic heterocycles. The maximum Gasteiger partial charge on any atom is 0.145 e. The van der Waals surface area contributed by atoms with E-state index in [4.69, 9.17) is 4.42 Å². The molecule has 404 valence electrons. The van der Waals surface area contributed by atoms with Crippen LogP contribution in [0, 0.1) is 5.92 Å². The highest BCUT2D eigenvalue weighted by Gasteiger charge is 2.53. The summed E-state index contributed by atoms with van der Waals surface area (Å²) in [4.78, 5) is 7.60. The lowest BCUT2D eigenvalue weighted by Crippen LogP contribution is -2.32. The van der Waals surface area contributed by atoms with Crippen LogP contribution in [0.5, 0.6) is 0 Å². The molecule has 0 saturated carbocycles. The summed E-state index contributed by atoms with van der Waals surface area (Å²) in [5.74, 6) is 0.567. The second kappa shape index (κ2) is 17.7. The third kappa shape index (κ3) is 6.75. The summed E-state index contributed by atoms with van der Waals surface area (Å²) in [6.45, 7) is 9.65. The van der Waals surface area contributed by atoms with Gasteiger partial charge in [0.2, 0.25) is 0 Å². The lowest BCUT2D eigenvalue weighted by molar-refractivity contribution is 0.392. The maximum atomic E-state index is 7.55. The van der Waals surface area contributed by atoms with Gasteiger partial charge in [0.15, 0.2) is 0 Å². The third-order valence-electron chi connectivity index (χ3n) is 20.1. The van der Waals surface area contributed by atoms with Gasteiger partial charge in [-0.3, -0.25) is 0 Å². The Bertz CT molecular complexity index is 5060. The minimum absolute atomic E-state index is 0.0689. The number of allylic oxidation sites excluding steroid dienone is 3. The Kier molecular flexibility index (Phi) is 10.2. The van der Waals surface area contributed by atoms with E-state index in [1.54, 1.807) is 0 Å². The topological polar surface area (TPSA) is 19.6 Å². The molecule has 2 heterocycles. The number of furan rings is 1. The van der Waals surface area contributed by atoms with Crippen molar-refractivity contribution in [2.45, 2.75) is 59.6 Å². The monoisotopic (exact) mass is 1110 g/mol. The molecule has 13 aromatic rings. The van der Waals surface area contributed by atoms with Gasteiger partial charge in [-0.15, -0.1) is 0 Å². The van der Waals surface area contributed by atoms with E-state index < -0.39 is 5.41 Å². The van der Waals surface area contributed by atoms with Crippen molar-refractivity contribution < 1.29 is 4.42 Å². The number of nitrogens with zero attached hydrogens (tertiary/aromatic N) is 2. The maximum absolute atomic E-state index is 7.55. The zero-order valence-corrected chi connectivity index (χ0v) is 48.6. The molecule has 0 bridgehead atoms. The Balaban J connectivity index is 0.936. The predicted molar refractivity (Wildman–Crippen MR) is 354 cm³/mol. The molecule has 4 heteroatoms. The lowest BCUT2D eigenvalue weighted by atomic mass is 9.67. The number of hydrogen-bond donors (Lipinski definition) is 0. The first-order valence-corrected chi connectivity index (χ1v) is 30.8. The molecule has 0 saturated heterocycles. The molecule has 1 spiro atoms. The normalized spacial score (nSPS) is 17.4. The van der Waals surface area contributed by atoms with Crippen molar-refractivity contribution in [1.29, 1.82) is 0 Å². The number of benzene rings is 12. The first-order chi connectivity index (χ1) is 41.6. The van der Waals surface area contributed by atoms with Crippen molar-refractivity contribution in [2.75, 3.05) is 9.80 Å². The lowest BCUT2D eigenvalue weighted by Gasteiger charge is -2.40. The molecule has 2 atom stereocenters. The van der Waals surface area contributed by atoms with E-state index in [2.05, 4.69) is 304 Å². The van der Waals surface area contributed by atoms with Gasteiger partial charge in [-0.05, 0) is 173 Å². The van der Waals surface area contributed by atoms with Crippen LogP contribution >= 0.6 is 11.8 Å². The van der Waals surface area contributed by atoms with E-state index in [-0.39, 0.29) is 16.7 Å². The van der Waals surface area contributed by atoms with Crippen LogP contribution in [0.1, 0.15) is 78.1 Å². The molecular formula is C81H58N2OS. The summed E-state index contributed by atoms with van der Waals surface area (Å²) in [6.07, 6.45) is 7.47. The molecule has 0 amide bonds. The average Bonchev–Trinajstić information content (AvgIpc) is 1.57. The molecule has 85 heavy (non-hydrogen) atoms. The van der Waals surface area contributed by atoms with Crippen LogP contribution < -0.4 is 9.80 Å². The number of para-hydroxylation sites is 1. The van der Waals surface area contributed by atoms with Gasteiger partial charge in [0.05, 0.1) is 16.5 Å². The Labute approximate surface area is 499 Å². The molecule has 0 fully saturated rings. The highest BCUT2D eigenvalue weighted by molar-refractivity contribution is 7.99. The molecule has 4 aliphatic carbocycles. The van der Waals surface area contributed by atoms with E-state index in [9.17, 15) is 0 Å². The Morgan fingerprint density at radius 3 is 1.69 bits per heavy atom. The van der Waals surface area contributed by atoms with Gasteiger partial charge < -0.3 is 14.2 Å². The Morgan fingerprint density at radius 2 is 0.965 bits per heavy atom. The number of fused-ring (bicyclic) bond motifs is 21. The Morgan fingerprint density at radius 1 is 0.424 bits per heavy atom. The van der Waals surface area contributed by atoms with Crippen molar-refractivity contribution in [3.63, 3.8) is 0 Å². The van der Waals surface area contributed by atoms with E-state index >= 15 is 0 Å². The largest absolute Gasteiger partial charge is 0.455 e. The van der Waals surface area contributed by atoms with E-state index in [1.807, 2.05) is 11.8 Å². The summed E-state index contributed by atoms with van der Waals surface area (Å²) in [5.41, 5.74) is 22.9. The van der Waals surface area contributed by atoms with E-state index in [1.165, 1.54) is 98.2 Å². The minimum atomic E-state index is -0.774. The summed E-state index contributed by atoms with van der Waals surface area (Å²) < 4.78 is 7.55. The average molecular weight is 1110 g/mol. The Hall–Kier alpha value is -9.61. The first-order valence-electron chi connectivity index (χ1n) is 30.0. The smallest absolute Gasteiger partial charge is 0.145 e. The fraction of sp³-hybridized carbons (Fsp3) is 0.111. The van der Waals surface area contributed by atoms with Gasteiger partial charge in [0.25, 0.3) is 0 Å². The molecule has 12 aromatic carbocycles. The van der Waals surface area contributed by atoms with E-state index in [0.717, 1.165) is 55.9 Å². The van der Waals surface area contributed by atoms with Crippen LogP contribution in [0.3, 0.4) is 0 Å². The molecule has 1 aromatic heterocycles. The molecule has 2 unspecified atom stereocenters. The fourth-order valence-electron chi connectivity index (χ4n) is 16.2. The van der Waals surface area contributed by atoms with Crippen molar-refractivity contribution in [2.24, 2.45) is 5.92 Å². The van der Waals surface area contributed by atoms with Crippen molar-refractivity contribution in [3.8, 4) is 22.3 Å². The summed E-state index contributed by atoms with van der Waals surface area (Å²) >= 11 is 1.88. The van der Waals surface area contributed by atoms with Gasteiger partial charge in [-0.2, -0.15) is 0 Å². The molecule has 0 N–H and O–H groups in total. The van der Waals surface area contributed by atoms with Crippen LogP contribution in [-0.2, 0) is 16.2 Å². The SMILES string of the molecule is CC1(C)c2ccccc2-c2ccc(N(c3ccc4ccccc4c3)c3cc4c(c5oc6ccccc6c35)-c3ccc(N(C5=CC6C(C=C5)c5ccccc5C6(C)C)c5ccc6ccccc6c5)cc3C43c4ccccc4Sc4ccccc43)cc21. The summed E-state index contributed by atoms with van der Waals surface area (Å²) in [5, 5.41) is 7.00. The van der Waals surface area contributed by atoms with Gasteiger partial charge in [-0.1, -0.05) is 228 Å². The molecule has 18 rings (SSSR count). The van der Waals surface area contributed by atoms with E-state index in [0.29, 0.717) is 5.92 Å². The van der Waals surface area contributed by atoms with Crippen molar-refractivity contribution >= 4 is 83.7 Å². The highest BCUT2D eigenvalue weighted by atomic mass is 32.2. The molecule has 3 nitrogen and oxygen atoms in total. The van der Waals surface area contributed by atoms with Crippen molar-refractivity contribution in [1.82, 2.24) is 0 Å². The standard InChI is InChI=1S/C81H58N2OS/c1-79(2)64-26-12-9-23-58(64)60-40-37-55(45-68(60)79)82(53-35-33-49-19-5-7-21-51(49)43-53)56-39-42-62-70(47-56)81(66-28-14-17-31-74(66)85-75-32-18-15-29-67(75)81)71-48-72(77-63-25-11-16-30-73(63)84-78(77)76(62)71)83(54-36-34-50-20-6-8-22-52(50)44-54)57-38-41-61-59-24-10-13-27-65(59)80(3,4)69(61)46-57/h5-48,60,68H,1-4H3. The van der Waals surface area contributed by atoms with Gasteiger partial charge in [0, 0.05) is 60.5 Å². The highest BCUT2D eigenvalue weighted by Crippen LogP contribution is 2.66. The fourth-order valence-corrected chi connectivity index (χ4v) is 17.4. The zero-order valence-electron chi connectivity index (χ0n) is 47.8. The quantitative estimate of drug-likeness (QED) is 0.165. The second-order valence-corrected chi connectivity index (χ2v) is 26.2. The van der Waals surface area contributed by atoms with Crippen LogP contribution in [0.2, 0.25) is 0 Å². The number of anilines is 5. The van der Waals surface area contributed by atoms with Gasteiger partial charge >= 0.3 is 0 Å². The van der Waals surface area contributed by atoms with Gasteiger partial charge in [0.1, 0.15) is 11.2 Å². The summed E-state index contributed by atoms with van der Waals surface area (Å²) in [7, 11) is 0. The molecule has 0 radical (unpaired) electrons. The minimum Gasteiger partial charge on any atom is -0.455 e. The number of rotatable bonds is 6. The second-order valence-electron chi connectivity index (χ2n) is 25.1. The zero-order chi connectivity index (χ0) is 56.5. The predicted octanol–water partition coefficient (Wildman–Crippen LogP) is 21.8.